The Hall–Kier alpha value is -1.07. The van der Waals surface area contributed by atoms with Gasteiger partial charge in [-0.05, 0) is 43.5 Å². The van der Waals surface area contributed by atoms with Crippen molar-refractivity contribution in [2.45, 2.75) is 31.1 Å². The van der Waals surface area contributed by atoms with Crippen molar-refractivity contribution in [3.63, 3.8) is 0 Å². The minimum absolute atomic E-state index is 0.333. The normalized spacial score (nSPS) is 15.6. The van der Waals surface area contributed by atoms with E-state index in [-0.39, 0.29) is 0 Å². The SMILES string of the molecule is CCNc1ccc(S(=O)(=O)NCCC2CC2)cc1. The zero-order valence-electron chi connectivity index (χ0n) is 10.6. The van der Waals surface area contributed by atoms with Crippen LogP contribution in [0.4, 0.5) is 5.69 Å². The number of benzene rings is 1. The third kappa shape index (κ3) is 3.71. The number of nitrogens with one attached hydrogen (secondary N) is 2. The first kappa shape index (κ1) is 13.4. The Morgan fingerprint density at radius 1 is 1.22 bits per heavy atom. The van der Waals surface area contributed by atoms with Crippen molar-refractivity contribution >= 4 is 15.7 Å². The van der Waals surface area contributed by atoms with Crippen molar-refractivity contribution in [2.24, 2.45) is 5.92 Å². The molecule has 4 nitrogen and oxygen atoms in total. The quantitative estimate of drug-likeness (QED) is 0.797. The molecular formula is C13H20N2O2S. The first-order valence-electron chi connectivity index (χ1n) is 6.45. The van der Waals surface area contributed by atoms with Crippen LogP contribution in [-0.4, -0.2) is 21.5 Å². The standard InChI is InChI=1S/C13H20N2O2S/c1-2-14-12-5-7-13(8-6-12)18(16,17)15-10-9-11-3-4-11/h5-8,11,14-15H,2-4,9-10H2,1H3. The summed E-state index contributed by atoms with van der Waals surface area (Å²) in [4.78, 5) is 0.333. The molecule has 1 aliphatic carbocycles. The van der Waals surface area contributed by atoms with Crippen LogP contribution in [0.3, 0.4) is 0 Å². The van der Waals surface area contributed by atoms with E-state index < -0.39 is 10.0 Å². The van der Waals surface area contributed by atoms with Crippen molar-refractivity contribution in [3.05, 3.63) is 24.3 Å². The Bertz CT molecular complexity index is 478. The summed E-state index contributed by atoms with van der Waals surface area (Å²) in [7, 11) is -3.34. The third-order valence-corrected chi connectivity index (χ3v) is 4.56. The van der Waals surface area contributed by atoms with Gasteiger partial charge >= 0.3 is 0 Å². The Morgan fingerprint density at radius 3 is 2.44 bits per heavy atom. The van der Waals surface area contributed by atoms with Gasteiger partial charge in [-0.25, -0.2) is 13.1 Å². The van der Waals surface area contributed by atoms with E-state index in [9.17, 15) is 8.42 Å². The molecule has 1 aromatic carbocycles. The van der Waals surface area contributed by atoms with E-state index >= 15 is 0 Å². The van der Waals surface area contributed by atoms with Crippen LogP contribution in [0, 0.1) is 5.92 Å². The molecule has 18 heavy (non-hydrogen) atoms. The molecule has 1 fully saturated rings. The molecule has 0 atom stereocenters. The molecule has 0 unspecified atom stereocenters. The average molecular weight is 268 g/mol. The van der Waals surface area contributed by atoms with Crippen LogP contribution in [0.5, 0.6) is 0 Å². The predicted octanol–water partition coefficient (Wildman–Crippen LogP) is 2.20. The lowest BCUT2D eigenvalue weighted by atomic mass is 10.3. The Labute approximate surface area is 109 Å². The van der Waals surface area contributed by atoms with Gasteiger partial charge in [0, 0.05) is 18.8 Å². The molecular weight excluding hydrogens is 248 g/mol. The molecule has 0 saturated heterocycles. The van der Waals surface area contributed by atoms with Gasteiger partial charge < -0.3 is 5.32 Å². The fourth-order valence-corrected chi connectivity index (χ4v) is 2.89. The van der Waals surface area contributed by atoms with Gasteiger partial charge in [0.25, 0.3) is 0 Å². The molecule has 5 heteroatoms. The van der Waals surface area contributed by atoms with E-state index in [1.54, 1.807) is 24.3 Å². The Kier molecular flexibility index (Phi) is 4.24. The van der Waals surface area contributed by atoms with E-state index in [2.05, 4.69) is 10.0 Å². The van der Waals surface area contributed by atoms with E-state index in [4.69, 9.17) is 0 Å². The highest BCUT2D eigenvalue weighted by Gasteiger charge is 2.22. The first-order chi connectivity index (χ1) is 8.62. The van der Waals surface area contributed by atoms with E-state index in [1.807, 2.05) is 6.92 Å². The van der Waals surface area contributed by atoms with Crippen molar-refractivity contribution in [1.29, 1.82) is 0 Å². The second-order valence-corrected chi connectivity index (χ2v) is 6.45. The molecule has 100 valence electrons. The monoisotopic (exact) mass is 268 g/mol. The predicted molar refractivity (Wildman–Crippen MR) is 73.1 cm³/mol. The first-order valence-corrected chi connectivity index (χ1v) is 7.94. The van der Waals surface area contributed by atoms with Crippen LogP contribution in [0.25, 0.3) is 0 Å². The van der Waals surface area contributed by atoms with Crippen LogP contribution < -0.4 is 10.0 Å². The number of hydrogen-bond donors (Lipinski definition) is 2. The highest BCUT2D eigenvalue weighted by atomic mass is 32.2. The van der Waals surface area contributed by atoms with Crippen molar-refractivity contribution < 1.29 is 8.42 Å². The van der Waals surface area contributed by atoms with Crippen LogP contribution in [-0.2, 0) is 10.0 Å². The number of hydrogen-bond acceptors (Lipinski definition) is 3. The van der Waals surface area contributed by atoms with E-state index in [1.165, 1.54) is 12.8 Å². The number of sulfonamides is 1. The molecule has 2 rings (SSSR count). The summed E-state index contributed by atoms with van der Waals surface area (Å²) in [6.45, 7) is 3.37. The maximum absolute atomic E-state index is 12.0. The second kappa shape index (κ2) is 5.71. The molecule has 2 N–H and O–H groups in total. The molecule has 0 bridgehead atoms. The number of rotatable bonds is 7. The summed E-state index contributed by atoms with van der Waals surface area (Å²) in [5, 5.41) is 3.14. The van der Waals surface area contributed by atoms with Gasteiger partial charge in [0.15, 0.2) is 0 Å². The molecule has 0 aromatic heterocycles. The van der Waals surface area contributed by atoms with Crippen molar-refractivity contribution in [3.8, 4) is 0 Å². The fourth-order valence-electron chi connectivity index (χ4n) is 1.84. The molecule has 0 spiro atoms. The van der Waals surface area contributed by atoms with Crippen LogP contribution >= 0.6 is 0 Å². The molecule has 0 aliphatic heterocycles. The van der Waals surface area contributed by atoms with Crippen LogP contribution in [0.1, 0.15) is 26.2 Å². The van der Waals surface area contributed by atoms with Crippen molar-refractivity contribution in [1.82, 2.24) is 4.72 Å². The van der Waals surface area contributed by atoms with Gasteiger partial charge in [0.2, 0.25) is 10.0 Å². The minimum atomic E-state index is -3.34. The second-order valence-electron chi connectivity index (χ2n) is 4.68. The maximum atomic E-state index is 12.0. The summed E-state index contributed by atoms with van der Waals surface area (Å²) in [6, 6.07) is 6.85. The summed E-state index contributed by atoms with van der Waals surface area (Å²) >= 11 is 0. The Balaban J connectivity index is 1.94. The maximum Gasteiger partial charge on any atom is 0.240 e. The van der Waals surface area contributed by atoms with E-state index in [0.29, 0.717) is 11.4 Å². The fraction of sp³-hybridized carbons (Fsp3) is 0.538. The molecule has 0 radical (unpaired) electrons. The Morgan fingerprint density at radius 2 is 1.89 bits per heavy atom. The van der Waals surface area contributed by atoms with Gasteiger partial charge in [-0.2, -0.15) is 0 Å². The lowest BCUT2D eigenvalue weighted by Crippen LogP contribution is -2.25. The summed E-state index contributed by atoms with van der Waals surface area (Å²) < 4.78 is 26.6. The van der Waals surface area contributed by atoms with Crippen LogP contribution in [0.15, 0.2) is 29.2 Å². The van der Waals surface area contributed by atoms with Gasteiger partial charge in [-0.1, -0.05) is 12.8 Å². The summed E-state index contributed by atoms with van der Waals surface area (Å²) in [6.07, 6.45) is 3.45. The summed E-state index contributed by atoms with van der Waals surface area (Å²) in [5.74, 6) is 0.740. The van der Waals surface area contributed by atoms with Gasteiger partial charge in [0.05, 0.1) is 4.90 Å². The van der Waals surface area contributed by atoms with Crippen LogP contribution in [0.2, 0.25) is 0 Å². The molecule has 0 amide bonds. The van der Waals surface area contributed by atoms with Gasteiger partial charge in [0.1, 0.15) is 0 Å². The summed E-state index contributed by atoms with van der Waals surface area (Å²) in [5.41, 5.74) is 0.939. The highest BCUT2D eigenvalue weighted by molar-refractivity contribution is 7.89. The minimum Gasteiger partial charge on any atom is -0.385 e. The van der Waals surface area contributed by atoms with E-state index in [0.717, 1.165) is 24.6 Å². The highest BCUT2D eigenvalue weighted by Crippen LogP contribution is 2.31. The molecule has 1 aliphatic rings. The molecule has 1 aromatic rings. The largest absolute Gasteiger partial charge is 0.385 e. The van der Waals surface area contributed by atoms with Gasteiger partial charge in [-0.15, -0.1) is 0 Å². The lowest BCUT2D eigenvalue weighted by Gasteiger charge is -2.08. The zero-order valence-corrected chi connectivity index (χ0v) is 11.5. The smallest absolute Gasteiger partial charge is 0.240 e. The third-order valence-electron chi connectivity index (χ3n) is 3.09. The average Bonchev–Trinajstić information content (AvgIpc) is 3.14. The number of anilines is 1. The zero-order chi connectivity index (χ0) is 13.0. The lowest BCUT2D eigenvalue weighted by molar-refractivity contribution is 0.575. The molecule has 0 heterocycles. The van der Waals surface area contributed by atoms with Crippen molar-refractivity contribution in [2.75, 3.05) is 18.4 Å². The molecule has 1 saturated carbocycles. The van der Waals surface area contributed by atoms with Gasteiger partial charge in [-0.3, -0.25) is 0 Å². The topological polar surface area (TPSA) is 58.2 Å².